The number of hydrogen-bond acceptors (Lipinski definition) is 6. The van der Waals surface area contributed by atoms with Gasteiger partial charge in [0.15, 0.2) is 0 Å². The van der Waals surface area contributed by atoms with Crippen molar-refractivity contribution in [3.05, 3.63) is 105 Å². The van der Waals surface area contributed by atoms with E-state index < -0.39 is 0 Å². The number of carbonyl (C=O) groups is 2. The molecule has 5 rings (SSSR count). The number of hydrogen-bond donors (Lipinski definition) is 3. The smallest absolute Gasteiger partial charge is 0.258 e. The highest BCUT2D eigenvalue weighted by Gasteiger charge is 2.30. The molecule has 2 aromatic carbocycles. The average Bonchev–Trinajstić information content (AvgIpc) is 3.14. The molecule has 1 aliphatic heterocycles. The summed E-state index contributed by atoms with van der Waals surface area (Å²) in [7, 11) is 1.81. The Morgan fingerprint density at radius 2 is 1.75 bits per heavy atom. The number of amides is 2. The minimum atomic E-state index is -0.164. The summed E-state index contributed by atoms with van der Waals surface area (Å²) in [5, 5.41) is 10.1. The Bertz CT molecular complexity index is 1580. The number of nitrogens with one attached hydrogen (secondary N) is 3. The van der Waals surface area contributed by atoms with E-state index in [4.69, 9.17) is 16.0 Å². The van der Waals surface area contributed by atoms with Crippen LogP contribution in [0.1, 0.15) is 50.2 Å². The second-order valence-corrected chi connectivity index (χ2v) is 10.3. The number of benzene rings is 2. The summed E-state index contributed by atoms with van der Waals surface area (Å²) in [5.74, 6) is 1.91. The number of nitrogens with zero attached hydrogens (tertiary/aromatic N) is 2. The topological polar surface area (TPSA) is 99.5 Å². The van der Waals surface area contributed by atoms with Crippen LogP contribution in [0.4, 0.5) is 17.2 Å². The molecule has 3 heterocycles. The van der Waals surface area contributed by atoms with Crippen LogP contribution in [0, 0.1) is 20.8 Å². The number of aromatic nitrogens is 1. The standard InChI is InChI=1S/C31H32ClN5O3/c1-18-19(2)40-20(3)25(18)16-28(38)36-21-15-26(32)30(35-17-21)34-14-13-33-29-22-9-5-6-10-23(22)31(39)37(4)27-12-8-7-11-24(27)29/h5-12,15,17,29,33H,13-14,16H2,1-4H3,(H,34,35)(H,36,38). The molecule has 4 aromatic rings. The Morgan fingerprint density at radius 1 is 1.02 bits per heavy atom. The van der Waals surface area contributed by atoms with E-state index in [0.29, 0.717) is 35.2 Å². The lowest BCUT2D eigenvalue weighted by Crippen LogP contribution is -2.28. The van der Waals surface area contributed by atoms with Crippen molar-refractivity contribution in [2.45, 2.75) is 33.2 Å². The zero-order valence-electron chi connectivity index (χ0n) is 23.0. The van der Waals surface area contributed by atoms with Gasteiger partial charge in [0.25, 0.3) is 5.91 Å². The maximum Gasteiger partial charge on any atom is 0.258 e. The number of fused-ring (bicyclic) bond motifs is 2. The van der Waals surface area contributed by atoms with E-state index >= 15 is 0 Å². The normalized spacial score (nSPS) is 14.4. The third-order valence-corrected chi connectivity index (χ3v) is 7.64. The van der Waals surface area contributed by atoms with Gasteiger partial charge in [0.05, 0.1) is 29.4 Å². The molecule has 1 atom stereocenters. The summed E-state index contributed by atoms with van der Waals surface area (Å²) < 4.78 is 5.62. The van der Waals surface area contributed by atoms with Gasteiger partial charge >= 0.3 is 0 Å². The number of anilines is 3. The fourth-order valence-electron chi connectivity index (χ4n) is 5.16. The zero-order chi connectivity index (χ0) is 28.4. The lowest BCUT2D eigenvalue weighted by atomic mass is 9.95. The fraction of sp³-hybridized carbons (Fsp3) is 0.258. The molecule has 0 spiro atoms. The number of carbonyl (C=O) groups excluding carboxylic acids is 2. The van der Waals surface area contributed by atoms with Crippen molar-refractivity contribution in [3.8, 4) is 0 Å². The molecular weight excluding hydrogens is 526 g/mol. The number of para-hydroxylation sites is 1. The number of rotatable bonds is 8. The molecule has 1 aliphatic rings. The van der Waals surface area contributed by atoms with Crippen LogP contribution in [0.2, 0.25) is 5.02 Å². The molecule has 2 amide bonds. The second kappa shape index (κ2) is 11.5. The molecule has 0 fully saturated rings. The van der Waals surface area contributed by atoms with Crippen LogP contribution in [0.25, 0.3) is 0 Å². The van der Waals surface area contributed by atoms with Gasteiger partial charge in [-0.25, -0.2) is 4.98 Å². The molecule has 1 unspecified atom stereocenters. The van der Waals surface area contributed by atoms with E-state index in [2.05, 4.69) is 20.9 Å². The molecule has 3 N–H and O–H groups in total. The van der Waals surface area contributed by atoms with E-state index in [0.717, 1.165) is 39.5 Å². The molecule has 8 nitrogen and oxygen atoms in total. The van der Waals surface area contributed by atoms with E-state index in [1.807, 2.05) is 76.3 Å². The van der Waals surface area contributed by atoms with Crippen molar-refractivity contribution in [2.75, 3.05) is 35.7 Å². The quantitative estimate of drug-likeness (QED) is 0.236. The second-order valence-electron chi connectivity index (χ2n) is 9.92. The Hall–Kier alpha value is -4.14. The SMILES string of the molecule is Cc1oc(C)c(CC(=O)Nc2cnc(NCCNC3c4ccccc4C(=O)N(C)c4ccccc43)c(Cl)c2)c1C. The molecule has 0 aliphatic carbocycles. The molecule has 0 saturated heterocycles. The summed E-state index contributed by atoms with van der Waals surface area (Å²) in [6, 6.07) is 17.2. The van der Waals surface area contributed by atoms with Crippen LogP contribution >= 0.6 is 11.6 Å². The number of halogens is 1. The van der Waals surface area contributed by atoms with Gasteiger partial charge in [-0.05, 0) is 55.7 Å². The van der Waals surface area contributed by atoms with Crippen molar-refractivity contribution in [1.29, 1.82) is 0 Å². The summed E-state index contributed by atoms with van der Waals surface area (Å²) in [6.07, 6.45) is 1.80. The van der Waals surface area contributed by atoms with E-state index in [9.17, 15) is 9.59 Å². The first-order chi connectivity index (χ1) is 19.2. The van der Waals surface area contributed by atoms with Crippen LogP contribution in [0.3, 0.4) is 0 Å². The highest BCUT2D eigenvalue weighted by Crippen LogP contribution is 2.36. The van der Waals surface area contributed by atoms with Crippen molar-refractivity contribution in [1.82, 2.24) is 10.3 Å². The summed E-state index contributed by atoms with van der Waals surface area (Å²) in [5.41, 5.74) is 5.95. The fourth-order valence-corrected chi connectivity index (χ4v) is 5.39. The maximum absolute atomic E-state index is 13.1. The van der Waals surface area contributed by atoms with Crippen molar-refractivity contribution < 1.29 is 14.0 Å². The average molecular weight is 558 g/mol. The van der Waals surface area contributed by atoms with Gasteiger partial charge in [-0.2, -0.15) is 0 Å². The lowest BCUT2D eigenvalue weighted by Gasteiger charge is -2.22. The monoisotopic (exact) mass is 557 g/mol. The Morgan fingerprint density at radius 3 is 2.48 bits per heavy atom. The van der Waals surface area contributed by atoms with E-state index in [1.165, 1.54) is 0 Å². The minimum absolute atomic E-state index is 0.0289. The Balaban J connectivity index is 1.22. The van der Waals surface area contributed by atoms with Gasteiger partial charge in [-0.15, -0.1) is 0 Å². The van der Waals surface area contributed by atoms with Gasteiger partial charge in [0, 0.05) is 37.0 Å². The van der Waals surface area contributed by atoms with Crippen molar-refractivity contribution in [2.24, 2.45) is 0 Å². The van der Waals surface area contributed by atoms with Crippen LogP contribution in [0.5, 0.6) is 0 Å². The molecule has 2 aromatic heterocycles. The highest BCUT2D eigenvalue weighted by molar-refractivity contribution is 6.33. The lowest BCUT2D eigenvalue weighted by molar-refractivity contribution is -0.115. The first-order valence-corrected chi connectivity index (χ1v) is 13.6. The summed E-state index contributed by atoms with van der Waals surface area (Å²) in [4.78, 5) is 31.9. The molecule has 40 heavy (non-hydrogen) atoms. The van der Waals surface area contributed by atoms with Crippen LogP contribution in [-0.2, 0) is 11.2 Å². The highest BCUT2D eigenvalue weighted by atomic mass is 35.5. The Kier molecular flexibility index (Phi) is 7.91. The molecule has 206 valence electrons. The van der Waals surface area contributed by atoms with Gasteiger partial charge in [0.2, 0.25) is 5.91 Å². The third kappa shape index (κ3) is 5.46. The minimum Gasteiger partial charge on any atom is -0.466 e. The number of furan rings is 1. The number of pyridine rings is 1. The summed E-state index contributed by atoms with van der Waals surface area (Å²) in [6.45, 7) is 6.84. The van der Waals surface area contributed by atoms with Gasteiger partial charge < -0.3 is 25.3 Å². The van der Waals surface area contributed by atoms with Gasteiger partial charge in [-0.3, -0.25) is 9.59 Å². The molecule has 0 saturated carbocycles. The molecule has 0 bridgehead atoms. The summed E-state index contributed by atoms with van der Waals surface area (Å²) >= 11 is 6.49. The van der Waals surface area contributed by atoms with Crippen molar-refractivity contribution in [3.63, 3.8) is 0 Å². The maximum atomic E-state index is 13.1. The van der Waals surface area contributed by atoms with Gasteiger partial charge in [0.1, 0.15) is 17.3 Å². The first-order valence-electron chi connectivity index (χ1n) is 13.2. The molecule has 9 heteroatoms. The zero-order valence-corrected chi connectivity index (χ0v) is 23.7. The predicted octanol–water partition coefficient (Wildman–Crippen LogP) is 5.82. The van der Waals surface area contributed by atoms with Gasteiger partial charge in [-0.1, -0.05) is 48.0 Å². The third-order valence-electron chi connectivity index (χ3n) is 7.36. The van der Waals surface area contributed by atoms with Crippen LogP contribution < -0.4 is 20.9 Å². The number of aryl methyl sites for hydroxylation is 2. The Labute approximate surface area is 238 Å². The van der Waals surface area contributed by atoms with E-state index in [-0.39, 0.29) is 24.3 Å². The predicted molar refractivity (Wildman–Crippen MR) is 158 cm³/mol. The first kappa shape index (κ1) is 27.4. The molecule has 0 radical (unpaired) electrons. The van der Waals surface area contributed by atoms with Crippen molar-refractivity contribution >= 4 is 40.6 Å². The van der Waals surface area contributed by atoms with Crippen LogP contribution in [0.15, 0.2) is 65.2 Å². The largest absolute Gasteiger partial charge is 0.466 e. The van der Waals surface area contributed by atoms with E-state index in [1.54, 1.807) is 17.2 Å². The molecular formula is C31H32ClN5O3. The van der Waals surface area contributed by atoms with Crippen LogP contribution in [-0.4, -0.2) is 36.9 Å².